The number of benzene rings is 1. The lowest BCUT2D eigenvalue weighted by Crippen LogP contribution is -2.37. The van der Waals surface area contributed by atoms with Crippen LogP contribution in [0.25, 0.3) is 6.08 Å². The van der Waals surface area contributed by atoms with Gasteiger partial charge in [0.2, 0.25) is 0 Å². The normalized spacial score (nSPS) is 11.6. The van der Waals surface area contributed by atoms with Gasteiger partial charge in [0.15, 0.2) is 13.8 Å². The van der Waals surface area contributed by atoms with Crippen LogP contribution >= 0.6 is 0 Å². The second-order valence-corrected chi connectivity index (χ2v) is 4.04. The second kappa shape index (κ2) is 6.34. The van der Waals surface area contributed by atoms with Gasteiger partial charge in [-0.15, -0.1) is 15.2 Å². The van der Waals surface area contributed by atoms with Crippen LogP contribution in [0.4, 0.5) is 0 Å². The fourth-order valence-electron chi connectivity index (χ4n) is 1.46. The standard InChI is InChI=1S/C13H17N5O/c1-5-10-6-9(2)7-11(12(10)19)8-15-16-13(14)17-18(3)4/h5-8H,1,3H2,2,4H3,(H3-,14,15,16,17,19)/p+1. The number of rotatable bonds is 4. The number of hydrogen-bond donors (Lipinski definition) is 3. The zero-order valence-electron chi connectivity index (χ0n) is 11.1. The third-order valence-electron chi connectivity index (χ3n) is 2.20. The molecule has 0 unspecified atom stereocenters. The van der Waals surface area contributed by atoms with Gasteiger partial charge in [-0.3, -0.25) is 0 Å². The molecule has 6 nitrogen and oxygen atoms in total. The first-order chi connectivity index (χ1) is 8.93. The molecule has 6 heteroatoms. The number of hydrogen-bond acceptors (Lipinski definition) is 3. The second-order valence-electron chi connectivity index (χ2n) is 4.04. The predicted octanol–water partition coefficient (Wildman–Crippen LogP) is 0.840. The van der Waals surface area contributed by atoms with Crippen molar-refractivity contribution in [2.75, 3.05) is 7.05 Å². The molecule has 0 bridgehead atoms. The van der Waals surface area contributed by atoms with E-state index in [0.29, 0.717) is 11.1 Å². The van der Waals surface area contributed by atoms with Crippen LogP contribution in [0.5, 0.6) is 5.75 Å². The average Bonchev–Trinajstić information content (AvgIpc) is 2.32. The van der Waals surface area contributed by atoms with Crippen LogP contribution in [0.1, 0.15) is 16.7 Å². The molecule has 0 aliphatic heterocycles. The van der Waals surface area contributed by atoms with Crippen LogP contribution < -0.4 is 11.2 Å². The van der Waals surface area contributed by atoms with E-state index in [4.69, 9.17) is 5.73 Å². The van der Waals surface area contributed by atoms with Gasteiger partial charge in [0.25, 0.3) is 5.96 Å². The summed E-state index contributed by atoms with van der Waals surface area (Å²) in [6.07, 6.45) is 3.00. The molecule has 0 aromatic heterocycles. The number of aromatic hydroxyl groups is 1. The Morgan fingerprint density at radius 3 is 2.68 bits per heavy atom. The molecule has 0 spiro atoms. The Morgan fingerprint density at radius 2 is 2.11 bits per heavy atom. The van der Waals surface area contributed by atoms with Gasteiger partial charge >= 0.3 is 0 Å². The molecule has 0 aliphatic carbocycles. The largest absolute Gasteiger partial charge is 0.507 e. The molecule has 100 valence electrons. The molecule has 0 saturated heterocycles. The average molecular weight is 260 g/mol. The summed E-state index contributed by atoms with van der Waals surface area (Å²) in [7, 11) is 1.68. The molecule has 0 heterocycles. The van der Waals surface area contributed by atoms with Crippen LogP contribution in [-0.4, -0.2) is 35.7 Å². The summed E-state index contributed by atoms with van der Waals surface area (Å²) in [4.78, 5) is 0. The fourth-order valence-corrected chi connectivity index (χ4v) is 1.46. The number of nitrogens with zero attached hydrogens (tertiary/aromatic N) is 3. The van der Waals surface area contributed by atoms with Crippen molar-refractivity contribution in [2.45, 2.75) is 6.92 Å². The molecular weight excluding hydrogens is 242 g/mol. The highest BCUT2D eigenvalue weighted by atomic mass is 16.3. The highest BCUT2D eigenvalue weighted by Gasteiger charge is 2.04. The Hall–Kier alpha value is -2.63. The van der Waals surface area contributed by atoms with Crippen LogP contribution in [0.2, 0.25) is 0 Å². The SMILES string of the molecule is C=Cc1cc(C)cc(C=N/N=C(\N)N[N+](=C)C)c1O. The number of nitrogens with two attached hydrogens (primary N) is 1. The zero-order valence-corrected chi connectivity index (χ0v) is 11.1. The summed E-state index contributed by atoms with van der Waals surface area (Å²) in [5, 5.41) is 17.5. The van der Waals surface area contributed by atoms with E-state index in [0.717, 1.165) is 5.56 Å². The van der Waals surface area contributed by atoms with E-state index >= 15 is 0 Å². The van der Waals surface area contributed by atoms with E-state index in [2.05, 4.69) is 28.9 Å². The van der Waals surface area contributed by atoms with Crippen molar-refractivity contribution < 1.29 is 9.79 Å². The van der Waals surface area contributed by atoms with Crippen molar-refractivity contribution >= 4 is 25.0 Å². The van der Waals surface area contributed by atoms with Crippen LogP contribution in [0, 0.1) is 6.92 Å². The van der Waals surface area contributed by atoms with Crippen molar-refractivity contribution in [3.63, 3.8) is 0 Å². The number of hydrazone groups is 1. The third kappa shape index (κ3) is 4.27. The number of nitrogens with one attached hydrogen (secondary N) is 1. The monoisotopic (exact) mass is 260 g/mol. The summed E-state index contributed by atoms with van der Waals surface area (Å²) in [5.74, 6) is 0.213. The zero-order chi connectivity index (χ0) is 14.4. The number of guanidine groups is 1. The van der Waals surface area contributed by atoms with Gasteiger partial charge in [-0.05, 0) is 24.6 Å². The summed E-state index contributed by atoms with van der Waals surface area (Å²) in [6, 6.07) is 3.62. The summed E-state index contributed by atoms with van der Waals surface area (Å²) >= 11 is 0. The van der Waals surface area contributed by atoms with Gasteiger partial charge in [-0.1, -0.05) is 12.7 Å². The smallest absolute Gasteiger partial charge is 0.269 e. The number of phenols is 1. The first kappa shape index (κ1) is 14.4. The van der Waals surface area contributed by atoms with Crippen molar-refractivity contribution in [3.05, 3.63) is 35.4 Å². The molecule has 1 aromatic carbocycles. The summed E-state index contributed by atoms with van der Waals surface area (Å²) < 4.78 is 1.40. The lowest BCUT2D eigenvalue weighted by molar-refractivity contribution is -0.533. The lowest BCUT2D eigenvalue weighted by atomic mass is 10.1. The van der Waals surface area contributed by atoms with E-state index in [1.165, 1.54) is 10.9 Å². The molecule has 1 aromatic rings. The molecular formula is C13H18N5O+. The predicted molar refractivity (Wildman–Crippen MR) is 78.6 cm³/mol. The molecule has 19 heavy (non-hydrogen) atoms. The van der Waals surface area contributed by atoms with Gasteiger partial charge in [-0.25, -0.2) is 0 Å². The lowest BCUT2D eigenvalue weighted by Gasteiger charge is -2.04. The van der Waals surface area contributed by atoms with Gasteiger partial charge in [0, 0.05) is 11.1 Å². The van der Waals surface area contributed by atoms with E-state index in [1.54, 1.807) is 19.2 Å². The Bertz CT molecular complexity index is 560. The summed E-state index contributed by atoms with van der Waals surface area (Å²) in [6.45, 7) is 9.11. The molecule has 4 N–H and O–H groups in total. The molecule has 0 radical (unpaired) electrons. The first-order valence-electron chi connectivity index (χ1n) is 5.57. The number of phenolic OH excluding ortho intramolecular Hbond substituents is 1. The highest BCUT2D eigenvalue weighted by molar-refractivity contribution is 5.86. The van der Waals surface area contributed by atoms with Gasteiger partial charge in [0.05, 0.1) is 6.21 Å². The molecule has 0 amide bonds. The molecule has 0 aliphatic rings. The van der Waals surface area contributed by atoms with E-state index in [-0.39, 0.29) is 11.7 Å². The van der Waals surface area contributed by atoms with Gasteiger partial charge in [0.1, 0.15) is 5.75 Å². The van der Waals surface area contributed by atoms with Crippen LogP contribution in [-0.2, 0) is 0 Å². The molecule has 0 atom stereocenters. The Balaban J connectivity index is 2.96. The topological polar surface area (TPSA) is 86.0 Å². The molecule has 0 fully saturated rings. The van der Waals surface area contributed by atoms with Crippen LogP contribution in [0.3, 0.4) is 0 Å². The summed E-state index contributed by atoms with van der Waals surface area (Å²) in [5.41, 5.74) is 10.3. The minimum atomic E-state index is 0.102. The Kier molecular flexibility index (Phi) is 4.82. The van der Waals surface area contributed by atoms with Crippen LogP contribution in [0.15, 0.2) is 28.9 Å². The van der Waals surface area contributed by atoms with Crippen molar-refractivity contribution in [1.82, 2.24) is 5.43 Å². The maximum absolute atomic E-state index is 9.95. The van der Waals surface area contributed by atoms with E-state index in [1.807, 2.05) is 13.0 Å². The maximum Gasteiger partial charge on any atom is 0.269 e. The van der Waals surface area contributed by atoms with Crippen molar-refractivity contribution in [1.29, 1.82) is 0 Å². The third-order valence-corrected chi connectivity index (χ3v) is 2.20. The fraction of sp³-hybridized carbons (Fsp3) is 0.154. The molecule has 0 saturated carbocycles. The number of aryl methyl sites for hydroxylation is 1. The van der Waals surface area contributed by atoms with Crippen molar-refractivity contribution in [3.8, 4) is 5.75 Å². The quantitative estimate of drug-likeness (QED) is 0.324. The Morgan fingerprint density at radius 1 is 1.47 bits per heavy atom. The minimum absolute atomic E-state index is 0.102. The van der Waals surface area contributed by atoms with E-state index < -0.39 is 0 Å². The first-order valence-corrected chi connectivity index (χ1v) is 5.57. The molecule has 1 rings (SSSR count). The minimum Gasteiger partial charge on any atom is -0.507 e. The van der Waals surface area contributed by atoms with Gasteiger partial charge < -0.3 is 10.8 Å². The Labute approximate surface area is 112 Å². The highest BCUT2D eigenvalue weighted by Crippen LogP contribution is 2.24. The maximum atomic E-state index is 9.95. The van der Waals surface area contributed by atoms with Crippen molar-refractivity contribution in [2.24, 2.45) is 15.9 Å². The van der Waals surface area contributed by atoms with Gasteiger partial charge in [-0.2, -0.15) is 5.10 Å². The number of hydrazine groups is 1. The van der Waals surface area contributed by atoms with E-state index in [9.17, 15) is 5.11 Å².